The highest BCUT2D eigenvalue weighted by molar-refractivity contribution is 8.14. The maximum Gasteiger partial charge on any atom is 0.183 e. The van der Waals surface area contributed by atoms with E-state index >= 15 is 0 Å². The number of benzene rings is 2. The van der Waals surface area contributed by atoms with Gasteiger partial charge >= 0.3 is 0 Å². The molecule has 1 aliphatic heterocycles. The minimum absolute atomic E-state index is 0.416. The van der Waals surface area contributed by atoms with Gasteiger partial charge in [0.2, 0.25) is 0 Å². The van der Waals surface area contributed by atoms with Crippen LogP contribution in [0.5, 0.6) is 0 Å². The molecule has 0 bridgehead atoms. The molecule has 0 fully saturated rings. The van der Waals surface area contributed by atoms with Gasteiger partial charge in [-0.3, -0.25) is 4.99 Å². The molecule has 0 saturated heterocycles. The maximum atomic E-state index is 4.64. The summed E-state index contributed by atoms with van der Waals surface area (Å²) >= 11 is 3.51. The summed E-state index contributed by atoms with van der Waals surface area (Å²) in [6.07, 6.45) is 0.974. The number of thiazole rings is 1. The molecule has 2 heterocycles. The van der Waals surface area contributed by atoms with E-state index in [0.29, 0.717) is 6.04 Å². The number of hydrogen-bond acceptors (Lipinski definition) is 6. The summed E-state index contributed by atoms with van der Waals surface area (Å²) in [6, 6.07) is 15.4. The molecular weight excluding hydrogens is 360 g/mol. The number of hydrogen-bond donors (Lipinski definition) is 2. The van der Waals surface area contributed by atoms with Crippen molar-refractivity contribution in [2.45, 2.75) is 26.3 Å². The first kappa shape index (κ1) is 17.4. The third kappa shape index (κ3) is 4.19. The Labute approximate surface area is 162 Å². The molecule has 134 valence electrons. The highest BCUT2D eigenvalue weighted by Gasteiger charge is 2.13. The molecule has 2 N–H and O–H groups in total. The Kier molecular flexibility index (Phi) is 5.13. The summed E-state index contributed by atoms with van der Waals surface area (Å²) in [5.41, 5.74) is 4.76. The minimum Gasteiger partial charge on any atom is -0.361 e. The van der Waals surface area contributed by atoms with Gasteiger partial charge < -0.3 is 10.6 Å². The Bertz CT molecular complexity index is 931. The maximum absolute atomic E-state index is 4.64. The number of aromatic nitrogens is 1. The molecule has 0 aliphatic carbocycles. The van der Waals surface area contributed by atoms with Crippen molar-refractivity contribution in [3.05, 3.63) is 53.6 Å². The van der Waals surface area contributed by atoms with Crippen molar-refractivity contribution in [3.63, 3.8) is 0 Å². The fourth-order valence-corrected chi connectivity index (χ4v) is 4.75. The van der Waals surface area contributed by atoms with E-state index in [9.17, 15) is 0 Å². The van der Waals surface area contributed by atoms with Gasteiger partial charge in [0, 0.05) is 18.0 Å². The lowest BCUT2D eigenvalue weighted by Gasteiger charge is -2.07. The van der Waals surface area contributed by atoms with Crippen molar-refractivity contribution >= 4 is 49.3 Å². The first-order valence-corrected chi connectivity index (χ1v) is 10.6. The van der Waals surface area contributed by atoms with Gasteiger partial charge in [-0.25, -0.2) is 4.98 Å². The van der Waals surface area contributed by atoms with Crippen LogP contribution in [0.4, 0.5) is 10.8 Å². The number of nitrogens with zero attached hydrogens (tertiary/aromatic N) is 2. The van der Waals surface area contributed by atoms with E-state index in [2.05, 4.69) is 76.9 Å². The summed E-state index contributed by atoms with van der Waals surface area (Å²) in [5, 5.41) is 8.86. The monoisotopic (exact) mass is 382 g/mol. The topological polar surface area (TPSA) is 49.3 Å². The van der Waals surface area contributed by atoms with Crippen LogP contribution in [-0.4, -0.2) is 28.5 Å². The summed E-state index contributed by atoms with van der Waals surface area (Å²) in [4.78, 5) is 9.21. The van der Waals surface area contributed by atoms with Crippen molar-refractivity contribution in [2.75, 3.05) is 22.9 Å². The number of aryl methyl sites for hydroxylation is 1. The second-order valence-corrected chi connectivity index (χ2v) is 8.62. The summed E-state index contributed by atoms with van der Waals surface area (Å²) in [5.74, 6) is 1.07. The Hall–Kier alpha value is -2.05. The summed E-state index contributed by atoms with van der Waals surface area (Å²) in [6.45, 7) is 5.14. The van der Waals surface area contributed by atoms with Gasteiger partial charge in [0.05, 0.1) is 16.3 Å². The normalized spacial score (nSPS) is 16.7. The molecule has 4 rings (SSSR count). The molecule has 26 heavy (non-hydrogen) atoms. The SMILES string of the molecule is Cc1ccc2nc(NCCc3ccc(NC4=N[C@H](C)CS4)cc3)sc2c1. The summed E-state index contributed by atoms with van der Waals surface area (Å²) in [7, 11) is 0. The molecule has 4 nitrogen and oxygen atoms in total. The zero-order valence-electron chi connectivity index (χ0n) is 15.0. The van der Waals surface area contributed by atoms with Gasteiger partial charge in [0.1, 0.15) is 0 Å². The van der Waals surface area contributed by atoms with Crippen LogP contribution in [0.15, 0.2) is 47.5 Å². The van der Waals surface area contributed by atoms with Crippen LogP contribution < -0.4 is 10.6 Å². The number of anilines is 2. The van der Waals surface area contributed by atoms with Crippen LogP contribution in [0, 0.1) is 6.92 Å². The molecule has 3 aromatic rings. The van der Waals surface area contributed by atoms with E-state index < -0.39 is 0 Å². The fourth-order valence-electron chi connectivity index (χ4n) is 2.84. The van der Waals surface area contributed by atoms with Crippen molar-refractivity contribution in [2.24, 2.45) is 4.99 Å². The zero-order chi connectivity index (χ0) is 17.9. The minimum atomic E-state index is 0.416. The van der Waals surface area contributed by atoms with Gasteiger partial charge in [-0.1, -0.05) is 41.3 Å². The zero-order valence-corrected chi connectivity index (χ0v) is 16.6. The Balaban J connectivity index is 1.30. The standard InChI is InChI=1S/C20H22N4S2/c1-13-3-8-17-18(11-13)26-19(24-17)21-10-9-15-4-6-16(7-5-15)23-20-22-14(2)12-25-20/h3-8,11,14H,9-10,12H2,1-2H3,(H,21,24)(H,22,23)/t14-/m1/s1. The molecule has 1 atom stereocenters. The van der Waals surface area contributed by atoms with Crippen molar-refractivity contribution in [3.8, 4) is 0 Å². The number of amidine groups is 1. The molecule has 0 saturated carbocycles. The van der Waals surface area contributed by atoms with E-state index in [1.165, 1.54) is 15.8 Å². The number of rotatable bonds is 5. The highest BCUT2D eigenvalue weighted by Crippen LogP contribution is 2.26. The molecule has 1 aromatic heterocycles. The highest BCUT2D eigenvalue weighted by atomic mass is 32.2. The molecule has 6 heteroatoms. The van der Waals surface area contributed by atoms with Crippen LogP contribution in [0.2, 0.25) is 0 Å². The summed E-state index contributed by atoms with van der Waals surface area (Å²) < 4.78 is 1.24. The second kappa shape index (κ2) is 7.68. The molecular formula is C20H22N4S2. The van der Waals surface area contributed by atoms with E-state index in [1.54, 1.807) is 23.1 Å². The average Bonchev–Trinajstić information content (AvgIpc) is 3.21. The number of fused-ring (bicyclic) bond motifs is 1. The van der Waals surface area contributed by atoms with Gasteiger partial charge in [-0.15, -0.1) is 0 Å². The van der Waals surface area contributed by atoms with E-state index in [1.807, 2.05) is 0 Å². The lowest BCUT2D eigenvalue weighted by molar-refractivity contribution is 0.865. The molecule has 0 radical (unpaired) electrons. The van der Waals surface area contributed by atoms with Crippen LogP contribution in [0.3, 0.4) is 0 Å². The van der Waals surface area contributed by atoms with Crippen molar-refractivity contribution < 1.29 is 0 Å². The number of aliphatic imine (C=N–C) groups is 1. The van der Waals surface area contributed by atoms with Crippen LogP contribution in [0.1, 0.15) is 18.1 Å². The average molecular weight is 383 g/mol. The van der Waals surface area contributed by atoms with E-state index in [4.69, 9.17) is 0 Å². The van der Waals surface area contributed by atoms with Crippen molar-refractivity contribution in [1.29, 1.82) is 0 Å². The van der Waals surface area contributed by atoms with Gasteiger partial charge in [0.15, 0.2) is 10.3 Å². The van der Waals surface area contributed by atoms with Gasteiger partial charge in [-0.2, -0.15) is 0 Å². The van der Waals surface area contributed by atoms with Gasteiger partial charge in [0.25, 0.3) is 0 Å². The molecule has 2 aromatic carbocycles. The molecule has 0 unspecified atom stereocenters. The first-order valence-electron chi connectivity index (χ1n) is 8.83. The Morgan fingerprint density at radius 2 is 2.00 bits per heavy atom. The molecule has 1 aliphatic rings. The number of thioether (sulfide) groups is 1. The predicted octanol–water partition coefficient (Wildman–Crippen LogP) is 5.16. The van der Waals surface area contributed by atoms with E-state index in [0.717, 1.165) is 40.2 Å². The third-order valence-electron chi connectivity index (χ3n) is 4.24. The van der Waals surface area contributed by atoms with E-state index in [-0.39, 0.29) is 0 Å². The first-order chi connectivity index (χ1) is 12.7. The molecule has 0 amide bonds. The lowest BCUT2D eigenvalue weighted by atomic mass is 10.1. The Morgan fingerprint density at radius 1 is 1.15 bits per heavy atom. The fraction of sp³-hybridized carbons (Fsp3) is 0.300. The Morgan fingerprint density at radius 3 is 2.77 bits per heavy atom. The second-order valence-electron chi connectivity index (χ2n) is 6.58. The van der Waals surface area contributed by atoms with Crippen molar-refractivity contribution in [1.82, 2.24) is 4.98 Å². The van der Waals surface area contributed by atoms with Gasteiger partial charge in [-0.05, 0) is 55.7 Å². The smallest absolute Gasteiger partial charge is 0.183 e. The lowest BCUT2D eigenvalue weighted by Crippen LogP contribution is -2.06. The third-order valence-corrected chi connectivity index (χ3v) is 6.34. The molecule has 0 spiro atoms. The van der Waals surface area contributed by atoms with Crippen LogP contribution in [0.25, 0.3) is 10.2 Å². The van der Waals surface area contributed by atoms with Crippen LogP contribution >= 0.6 is 23.1 Å². The van der Waals surface area contributed by atoms with Crippen LogP contribution in [-0.2, 0) is 6.42 Å². The predicted molar refractivity (Wildman–Crippen MR) is 116 cm³/mol. The largest absolute Gasteiger partial charge is 0.361 e. The number of nitrogens with one attached hydrogen (secondary N) is 2. The quantitative estimate of drug-likeness (QED) is 0.640.